The predicted octanol–water partition coefficient (Wildman–Crippen LogP) is 2.19. The van der Waals surface area contributed by atoms with E-state index in [0.717, 1.165) is 0 Å². The molecule has 4 nitrogen and oxygen atoms in total. The number of hydrogen-bond acceptors (Lipinski definition) is 4. The Morgan fingerprint density at radius 1 is 1.47 bits per heavy atom. The number of Topliss-reactive ketones (excluding diaryl/α,β-unsaturated/α-hetero) is 1. The van der Waals surface area contributed by atoms with Crippen LogP contribution in [0.2, 0.25) is 5.28 Å². The molecule has 0 amide bonds. The Labute approximate surface area is 90.5 Å². The number of carbonyl (C=O) groups excluding carboxylic acids is 1. The van der Waals surface area contributed by atoms with Crippen molar-refractivity contribution < 1.29 is 9.90 Å². The maximum atomic E-state index is 11.2. The minimum absolute atomic E-state index is 0.0403. The number of aromatic nitrogens is 2. The SMILES string of the molecule is CC(=O)c1ccc2cnc(Cl)nc2c1O. The molecule has 5 heteroatoms. The molecule has 1 N–H and O–H groups in total. The topological polar surface area (TPSA) is 63.1 Å². The number of rotatable bonds is 1. The molecule has 0 aliphatic carbocycles. The molecule has 0 radical (unpaired) electrons. The zero-order valence-corrected chi connectivity index (χ0v) is 8.62. The molecule has 2 rings (SSSR count). The van der Waals surface area contributed by atoms with Crippen molar-refractivity contribution in [1.29, 1.82) is 0 Å². The zero-order chi connectivity index (χ0) is 11.0. The lowest BCUT2D eigenvalue weighted by Gasteiger charge is -2.03. The first kappa shape index (κ1) is 9.86. The van der Waals surface area contributed by atoms with E-state index in [-0.39, 0.29) is 22.4 Å². The molecule has 0 fully saturated rings. The molecular formula is C10H7ClN2O2. The third-order valence-corrected chi connectivity index (χ3v) is 2.26. The van der Waals surface area contributed by atoms with E-state index in [2.05, 4.69) is 9.97 Å². The first-order valence-electron chi connectivity index (χ1n) is 4.25. The van der Waals surface area contributed by atoms with E-state index in [1.807, 2.05) is 0 Å². The van der Waals surface area contributed by atoms with Gasteiger partial charge in [-0.1, -0.05) is 6.07 Å². The minimum atomic E-state index is -0.218. The summed E-state index contributed by atoms with van der Waals surface area (Å²) >= 11 is 5.60. The van der Waals surface area contributed by atoms with E-state index in [1.54, 1.807) is 6.07 Å². The van der Waals surface area contributed by atoms with Crippen LogP contribution in [0.5, 0.6) is 5.75 Å². The summed E-state index contributed by atoms with van der Waals surface area (Å²) in [6.45, 7) is 1.38. The molecule has 1 aromatic carbocycles. The number of phenolic OH excluding ortho intramolecular Hbond substituents is 1. The summed E-state index contributed by atoms with van der Waals surface area (Å²) < 4.78 is 0. The van der Waals surface area contributed by atoms with Crippen molar-refractivity contribution in [2.24, 2.45) is 0 Å². The van der Waals surface area contributed by atoms with Crippen LogP contribution in [0.4, 0.5) is 0 Å². The highest BCUT2D eigenvalue weighted by atomic mass is 35.5. The summed E-state index contributed by atoms with van der Waals surface area (Å²) in [5.41, 5.74) is 0.528. The van der Waals surface area contributed by atoms with Crippen molar-refractivity contribution in [3.8, 4) is 5.75 Å². The second-order valence-corrected chi connectivity index (χ2v) is 3.43. The van der Waals surface area contributed by atoms with Crippen LogP contribution >= 0.6 is 11.6 Å². The summed E-state index contributed by atoms with van der Waals surface area (Å²) in [6.07, 6.45) is 1.49. The Morgan fingerprint density at radius 3 is 2.87 bits per heavy atom. The molecule has 2 aromatic rings. The third-order valence-electron chi connectivity index (χ3n) is 2.08. The van der Waals surface area contributed by atoms with Crippen molar-refractivity contribution in [3.05, 3.63) is 29.2 Å². The Bertz CT molecular complexity index is 554. The molecule has 0 bridgehead atoms. The summed E-state index contributed by atoms with van der Waals surface area (Å²) in [4.78, 5) is 18.8. The fraction of sp³-hybridized carbons (Fsp3) is 0.100. The van der Waals surface area contributed by atoms with Gasteiger partial charge in [0.1, 0.15) is 5.52 Å². The van der Waals surface area contributed by atoms with E-state index in [0.29, 0.717) is 10.9 Å². The smallest absolute Gasteiger partial charge is 0.223 e. The number of hydrogen-bond donors (Lipinski definition) is 1. The largest absolute Gasteiger partial charge is 0.505 e. The number of halogens is 1. The molecule has 0 aliphatic rings. The Hall–Kier alpha value is -1.68. The molecule has 0 spiro atoms. The molecule has 0 unspecified atom stereocenters. The van der Waals surface area contributed by atoms with Crippen LogP contribution in [0, 0.1) is 0 Å². The van der Waals surface area contributed by atoms with E-state index >= 15 is 0 Å². The normalized spacial score (nSPS) is 10.5. The van der Waals surface area contributed by atoms with Gasteiger partial charge in [-0.3, -0.25) is 4.79 Å². The van der Waals surface area contributed by atoms with E-state index in [1.165, 1.54) is 19.2 Å². The van der Waals surface area contributed by atoms with Crippen molar-refractivity contribution in [2.45, 2.75) is 6.92 Å². The van der Waals surface area contributed by atoms with Crippen molar-refractivity contribution >= 4 is 28.3 Å². The molecule has 1 aromatic heterocycles. The fourth-order valence-electron chi connectivity index (χ4n) is 1.34. The predicted molar refractivity (Wildman–Crippen MR) is 56.2 cm³/mol. The number of aromatic hydroxyl groups is 1. The minimum Gasteiger partial charge on any atom is -0.505 e. The Morgan fingerprint density at radius 2 is 2.20 bits per heavy atom. The Kier molecular flexibility index (Phi) is 2.28. The monoisotopic (exact) mass is 222 g/mol. The number of carbonyl (C=O) groups is 1. The fourth-order valence-corrected chi connectivity index (χ4v) is 1.48. The lowest BCUT2D eigenvalue weighted by atomic mass is 10.1. The average molecular weight is 223 g/mol. The van der Waals surface area contributed by atoms with Crippen LogP contribution in [0.25, 0.3) is 10.9 Å². The standard InChI is InChI=1S/C10H7ClN2O2/c1-5(14)7-3-2-6-4-12-10(11)13-8(6)9(7)15/h2-4,15H,1H3. The van der Waals surface area contributed by atoms with Crippen LogP contribution in [-0.4, -0.2) is 20.9 Å². The number of benzene rings is 1. The first-order chi connectivity index (χ1) is 7.09. The van der Waals surface area contributed by atoms with E-state index in [9.17, 15) is 9.90 Å². The summed E-state index contributed by atoms with van der Waals surface area (Å²) in [7, 11) is 0. The molecule has 0 atom stereocenters. The summed E-state index contributed by atoms with van der Waals surface area (Å²) in [6, 6.07) is 3.21. The van der Waals surface area contributed by atoms with Crippen molar-refractivity contribution in [2.75, 3.05) is 0 Å². The molecule has 15 heavy (non-hydrogen) atoms. The molecular weight excluding hydrogens is 216 g/mol. The van der Waals surface area contributed by atoms with Crippen LogP contribution in [0.3, 0.4) is 0 Å². The van der Waals surface area contributed by atoms with Crippen LogP contribution < -0.4 is 0 Å². The molecule has 1 heterocycles. The molecule has 0 aliphatic heterocycles. The van der Waals surface area contributed by atoms with Gasteiger partial charge in [0.2, 0.25) is 5.28 Å². The van der Waals surface area contributed by atoms with Gasteiger partial charge < -0.3 is 5.11 Å². The second-order valence-electron chi connectivity index (χ2n) is 3.09. The van der Waals surface area contributed by atoms with Gasteiger partial charge in [-0.05, 0) is 24.6 Å². The van der Waals surface area contributed by atoms with Gasteiger partial charge in [-0.2, -0.15) is 0 Å². The Balaban J connectivity index is 2.82. The van der Waals surface area contributed by atoms with Crippen LogP contribution in [0.1, 0.15) is 17.3 Å². The number of ketones is 1. The third kappa shape index (κ3) is 1.64. The quantitative estimate of drug-likeness (QED) is 0.594. The summed E-state index contributed by atoms with van der Waals surface area (Å²) in [5.74, 6) is -0.367. The van der Waals surface area contributed by atoms with Crippen LogP contribution in [-0.2, 0) is 0 Å². The highest BCUT2D eigenvalue weighted by Crippen LogP contribution is 2.27. The zero-order valence-electron chi connectivity index (χ0n) is 7.86. The maximum absolute atomic E-state index is 11.2. The highest BCUT2D eigenvalue weighted by molar-refractivity contribution is 6.28. The van der Waals surface area contributed by atoms with Gasteiger partial charge in [0.15, 0.2) is 11.5 Å². The number of nitrogens with zero attached hydrogens (tertiary/aromatic N) is 2. The second kappa shape index (κ2) is 3.47. The summed E-state index contributed by atoms with van der Waals surface area (Å²) in [5, 5.41) is 10.5. The van der Waals surface area contributed by atoms with Crippen molar-refractivity contribution in [3.63, 3.8) is 0 Å². The van der Waals surface area contributed by atoms with Crippen molar-refractivity contribution in [1.82, 2.24) is 9.97 Å². The van der Waals surface area contributed by atoms with Gasteiger partial charge in [-0.25, -0.2) is 9.97 Å². The van der Waals surface area contributed by atoms with Gasteiger partial charge in [0.05, 0.1) is 5.56 Å². The first-order valence-corrected chi connectivity index (χ1v) is 4.62. The molecule has 76 valence electrons. The van der Waals surface area contributed by atoms with Crippen LogP contribution in [0.15, 0.2) is 18.3 Å². The van der Waals surface area contributed by atoms with Gasteiger partial charge in [0.25, 0.3) is 0 Å². The number of fused-ring (bicyclic) bond motifs is 1. The lowest BCUT2D eigenvalue weighted by Crippen LogP contribution is -1.94. The van der Waals surface area contributed by atoms with Gasteiger partial charge in [0, 0.05) is 11.6 Å². The average Bonchev–Trinajstić information content (AvgIpc) is 2.19. The lowest BCUT2D eigenvalue weighted by molar-refractivity contribution is 0.101. The van der Waals surface area contributed by atoms with Gasteiger partial charge >= 0.3 is 0 Å². The van der Waals surface area contributed by atoms with E-state index < -0.39 is 0 Å². The maximum Gasteiger partial charge on any atom is 0.223 e. The molecule has 0 saturated heterocycles. The van der Waals surface area contributed by atoms with E-state index in [4.69, 9.17) is 11.6 Å². The van der Waals surface area contributed by atoms with Gasteiger partial charge in [-0.15, -0.1) is 0 Å². The number of phenols is 1. The molecule has 0 saturated carbocycles. The highest BCUT2D eigenvalue weighted by Gasteiger charge is 2.11.